The number of rotatable bonds is 8. The maximum Gasteiger partial charge on any atom is 0.434 e. The van der Waals surface area contributed by atoms with Crippen molar-refractivity contribution in [2.75, 3.05) is 20.1 Å². The molecule has 0 radical (unpaired) electrons. The van der Waals surface area contributed by atoms with Gasteiger partial charge in [-0.2, -0.15) is 13.2 Å². The molecule has 0 fully saturated rings. The van der Waals surface area contributed by atoms with E-state index in [1.54, 1.807) is 7.05 Å². The Labute approximate surface area is 172 Å². The van der Waals surface area contributed by atoms with Gasteiger partial charge in [-0.15, -0.1) is 35.3 Å². The normalized spacial score (nSPS) is 12.9. The highest BCUT2D eigenvalue weighted by Gasteiger charge is 2.33. The Morgan fingerprint density at radius 3 is 2.54 bits per heavy atom. The van der Waals surface area contributed by atoms with Crippen LogP contribution in [0.15, 0.2) is 10.4 Å². The molecule has 1 aromatic heterocycles. The quantitative estimate of drug-likeness (QED) is 0.288. The molecule has 1 amide bonds. The third-order valence-corrected chi connectivity index (χ3v) is 4.27. The van der Waals surface area contributed by atoms with Crippen molar-refractivity contribution in [3.8, 4) is 0 Å². The molecule has 0 saturated heterocycles. The Balaban J connectivity index is 0.00000625. The number of nitrogens with zero attached hydrogens (tertiary/aromatic N) is 2. The summed E-state index contributed by atoms with van der Waals surface area (Å²) in [5.74, 6) is 0.448. The fraction of sp³-hybridized carbons (Fsp3) is 0.667. The standard InChI is InChI=1S/C15H24F3N5OS.HI/c1-4-10(2)22-12(24)5-7-20-14(19-3)21-8-6-13-23-11(9-25-13)15(16,17)18;/h9-10H,4-8H2,1-3H3,(H,22,24)(H2,19,20,21);1H. The highest BCUT2D eigenvalue weighted by Crippen LogP contribution is 2.29. The number of aromatic nitrogens is 1. The largest absolute Gasteiger partial charge is 0.434 e. The smallest absolute Gasteiger partial charge is 0.356 e. The van der Waals surface area contributed by atoms with Crippen molar-refractivity contribution in [1.29, 1.82) is 0 Å². The van der Waals surface area contributed by atoms with Crippen LogP contribution in [0, 0.1) is 0 Å². The minimum atomic E-state index is -4.41. The van der Waals surface area contributed by atoms with E-state index in [1.165, 1.54) is 0 Å². The lowest BCUT2D eigenvalue weighted by atomic mass is 10.2. The van der Waals surface area contributed by atoms with Crippen LogP contribution >= 0.6 is 35.3 Å². The molecule has 26 heavy (non-hydrogen) atoms. The number of aliphatic imine (C=N–C) groups is 1. The number of guanidine groups is 1. The minimum absolute atomic E-state index is 0. The van der Waals surface area contributed by atoms with E-state index in [9.17, 15) is 18.0 Å². The summed E-state index contributed by atoms with van der Waals surface area (Å²) in [6, 6.07) is 0.143. The number of carbonyl (C=O) groups excluding carboxylic acids is 1. The van der Waals surface area contributed by atoms with Crippen LogP contribution in [0.4, 0.5) is 13.2 Å². The molecule has 1 rings (SSSR count). The highest BCUT2D eigenvalue weighted by atomic mass is 127. The third kappa shape index (κ3) is 9.55. The Morgan fingerprint density at radius 2 is 2.00 bits per heavy atom. The van der Waals surface area contributed by atoms with E-state index in [0.717, 1.165) is 23.1 Å². The maximum atomic E-state index is 12.5. The van der Waals surface area contributed by atoms with Gasteiger partial charge in [-0.25, -0.2) is 4.98 Å². The molecule has 0 aliphatic carbocycles. The number of amides is 1. The summed E-state index contributed by atoms with van der Waals surface area (Å²) in [4.78, 5) is 19.2. The summed E-state index contributed by atoms with van der Waals surface area (Å²) in [7, 11) is 1.58. The van der Waals surface area contributed by atoms with E-state index < -0.39 is 11.9 Å². The number of halogens is 4. The summed E-state index contributed by atoms with van der Waals surface area (Å²) in [6.45, 7) is 4.74. The zero-order valence-corrected chi connectivity index (χ0v) is 18.1. The van der Waals surface area contributed by atoms with Crippen molar-refractivity contribution < 1.29 is 18.0 Å². The lowest BCUT2D eigenvalue weighted by Crippen LogP contribution is -2.41. The van der Waals surface area contributed by atoms with Crippen LogP contribution in [0.25, 0.3) is 0 Å². The second-order valence-electron chi connectivity index (χ2n) is 5.43. The SMILES string of the molecule is CCC(C)NC(=O)CCNC(=NC)NCCc1nc(C(F)(F)F)cs1.I. The molecule has 0 aliphatic rings. The third-order valence-electron chi connectivity index (χ3n) is 3.36. The topological polar surface area (TPSA) is 78.4 Å². The second-order valence-corrected chi connectivity index (χ2v) is 6.37. The summed E-state index contributed by atoms with van der Waals surface area (Å²) in [5, 5.41) is 10.3. The predicted octanol–water partition coefficient (Wildman–Crippen LogP) is 2.79. The van der Waals surface area contributed by atoms with Gasteiger partial charge in [0.15, 0.2) is 11.7 Å². The number of thiazole rings is 1. The van der Waals surface area contributed by atoms with Crippen LogP contribution in [0.5, 0.6) is 0 Å². The molecule has 0 saturated carbocycles. The lowest BCUT2D eigenvalue weighted by Gasteiger charge is -2.13. The van der Waals surface area contributed by atoms with Crippen LogP contribution in [-0.2, 0) is 17.4 Å². The van der Waals surface area contributed by atoms with E-state index in [4.69, 9.17) is 0 Å². The summed E-state index contributed by atoms with van der Waals surface area (Å²) >= 11 is 0.981. The Hall–Kier alpha value is -1.11. The summed E-state index contributed by atoms with van der Waals surface area (Å²) in [6.07, 6.45) is -2.87. The van der Waals surface area contributed by atoms with Crippen LogP contribution in [0.1, 0.15) is 37.4 Å². The summed E-state index contributed by atoms with van der Waals surface area (Å²) < 4.78 is 37.4. The van der Waals surface area contributed by atoms with E-state index in [2.05, 4.69) is 25.9 Å². The van der Waals surface area contributed by atoms with Crippen molar-refractivity contribution in [2.24, 2.45) is 4.99 Å². The zero-order chi connectivity index (χ0) is 18.9. The molecule has 1 atom stereocenters. The maximum absolute atomic E-state index is 12.5. The molecule has 1 unspecified atom stereocenters. The molecular formula is C15H25F3IN5OS. The van der Waals surface area contributed by atoms with Crippen LogP contribution in [0.3, 0.4) is 0 Å². The number of nitrogens with one attached hydrogen (secondary N) is 3. The first-order chi connectivity index (χ1) is 11.8. The van der Waals surface area contributed by atoms with Gasteiger partial charge in [-0.1, -0.05) is 6.92 Å². The molecule has 1 aromatic rings. The van der Waals surface area contributed by atoms with Crippen LogP contribution < -0.4 is 16.0 Å². The monoisotopic (exact) mass is 507 g/mol. The Morgan fingerprint density at radius 1 is 1.35 bits per heavy atom. The first-order valence-electron chi connectivity index (χ1n) is 8.01. The van der Waals surface area contributed by atoms with Gasteiger partial charge in [-0.05, 0) is 13.3 Å². The number of alkyl halides is 3. The first kappa shape index (κ1) is 24.9. The van der Waals surface area contributed by atoms with Gasteiger partial charge in [0.1, 0.15) is 0 Å². The molecule has 11 heteroatoms. The van der Waals surface area contributed by atoms with Crippen LogP contribution in [-0.4, -0.2) is 43.0 Å². The Bertz CT molecular complexity index is 580. The molecule has 0 aromatic carbocycles. The van der Waals surface area contributed by atoms with E-state index in [0.29, 0.717) is 36.9 Å². The van der Waals surface area contributed by atoms with Gasteiger partial charge in [0.25, 0.3) is 0 Å². The number of hydrogen-bond donors (Lipinski definition) is 3. The van der Waals surface area contributed by atoms with Crippen molar-refractivity contribution >= 4 is 47.2 Å². The van der Waals surface area contributed by atoms with Gasteiger partial charge in [0.05, 0.1) is 5.01 Å². The molecule has 6 nitrogen and oxygen atoms in total. The van der Waals surface area contributed by atoms with Crippen LogP contribution in [0.2, 0.25) is 0 Å². The number of hydrogen-bond acceptors (Lipinski definition) is 4. The van der Waals surface area contributed by atoms with E-state index >= 15 is 0 Å². The van der Waals surface area contributed by atoms with Crippen molar-refractivity contribution in [1.82, 2.24) is 20.9 Å². The van der Waals surface area contributed by atoms with Gasteiger partial charge >= 0.3 is 6.18 Å². The highest BCUT2D eigenvalue weighted by molar-refractivity contribution is 14.0. The average Bonchev–Trinajstić information content (AvgIpc) is 3.02. The van der Waals surface area contributed by atoms with E-state index in [1.807, 2.05) is 13.8 Å². The lowest BCUT2D eigenvalue weighted by molar-refractivity contribution is -0.140. The van der Waals surface area contributed by atoms with Crippen molar-refractivity contribution in [3.05, 3.63) is 16.1 Å². The second kappa shape index (κ2) is 12.3. The first-order valence-corrected chi connectivity index (χ1v) is 8.89. The van der Waals surface area contributed by atoms with E-state index in [-0.39, 0.29) is 35.9 Å². The molecule has 1 heterocycles. The molecular weight excluding hydrogens is 482 g/mol. The van der Waals surface area contributed by atoms with Crippen molar-refractivity contribution in [2.45, 2.75) is 45.3 Å². The minimum Gasteiger partial charge on any atom is -0.356 e. The average molecular weight is 507 g/mol. The molecule has 150 valence electrons. The molecule has 0 aliphatic heterocycles. The van der Waals surface area contributed by atoms with Gasteiger partial charge in [0, 0.05) is 44.4 Å². The van der Waals surface area contributed by atoms with Gasteiger partial charge in [-0.3, -0.25) is 9.79 Å². The van der Waals surface area contributed by atoms with Crippen molar-refractivity contribution in [3.63, 3.8) is 0 Å². The van der Waals surface area contributed by atoms with Gasteiger partial charge < -0.3 is 16.0 Å². The Kier molecular flexibility index (Phi) is 11.8. The molecule has 3 N–H and O–H groups in total. The number of carbonyl (C=O) groups is 1. The molecule has 0 bridgehead atoms. The molecule has 0 spiro atoms. The zero-order valence-electron chi connectivity index (χ0n) is 14.9. The fourth-order valence-electron chi connectivity index (χ4n) is 1.81. The fourth-order valence-corrected chi connectivity index (χ4v) is 2.61. The predicted molar refractivity (Wildman–Crippen MR) is 108 cm³/mol. The van der Waals surface area contributed by atoms with Gasteiger partial charge in [0.2, 0.25) is 5.91 Å². The summed E-state index contributed by atoms with van der Waals surface area (Å²) in [5.41, 5.74) is -0.859.